The molecule has 7 heteroatoms. The smallest absolute Gasteiger partial charge is 0.333 e. The highest BCUT2D eigenvalue weighted by Crippen LogP contribution is 2.37. The van der Waals surface area contributed by atoms with Gasteiger partial charge < -0.3 is 10.1 Å². The molecule has 23 heavy (non-hydrogen) atoms. The quantitative estimate of drug-likeness (QED) is 0.452. The summed E-state index contributed by atoms with van der Waals surface area (Å²) in [5.74, 6) is -0.485. The molecule has 0 spiro atoms. The van der Waals surface area contributed by atoms with Crippen LogP contribution < -0.4 is 5.32 Å². The van der Waals surface area contributed by atoms with Crippen LogP contribution in [0.4, 0.5) is 5.69 Å². The second-order valence-electron chi connectivity index (χ2n) is 4.59. The third-order valence-corrected chi connectivity index (χ3v) is 4.72. The Hall–Kier alpha value is -0.940. The van der Waals surface area contributed by atoms with Gasteiger partial charge in [0.05, 0.1) is 16.7 Å². The van der Waals surface area contributed by atoms with Crippen LogP contribution in [0.1, 0.15) is 18.5 Å². The van der Waals surface area contributed by atoms with E-state index in [2.05, 4.69) is 21.2 Å². The van der Waals surface area contributed by atoms with E-state index in [1.807, 2.05) is 24.3 Å². The van der Waals surface area contributed by atoms with Gasteiger partial charge in [-0.15, -0.1) is 0 Å². The Bertz CT molecular complexity index is 707. The Labute approximate surface area is 158 Å². The lowest BCUT2D eigenvalue weighted by Crippen LogP contribution is -2.24. The van der Waals surface area contributed by atoms with Crippen LogP contribution in [0.3, 0.4) is 0 Å². The van der Waals surface area contributed by atoms with E-state index in [9.17, 15) is 4.79 Å². The Morgan fingerprint density at radius 3 is 2.35 bits per heavy atom. The number of esters is 1. The van der Waals surface area contributed by atoms with E-state index in [1.165, 1.54) is 0 Å². The second-order valence-corrected chi connectivity index (χ2v) is 6.70. The Balaban J connectivity index is 2.44. The maximum atomic E-state index is 12.4. The van der Waals surface area contributed by atoms with Gasteiger partial charge in [-0.25, -0.2) is 4.79 Å². The average Bonchev–Trinajstić information content (AvgIpc) is 2.52. The summed E-state index contributed by atoms with van der Waals surface area (Å²) in [6.45, 7) is 1.98. The largest absolute Gasteiger partial charge is 0.464 e. The highest BCUT2D eigenvalue weighted by Gasteiger charge is 2.28. The molecule has 0 aliphatic heterocycles. The van der Waals surface area contributed by atoms with Gasteiger partial charge in [-0.3, -0.25) is 0 Å². The van der Waals surface area contributed by atoms with Crippen molar-refractivity contribution in [1.29, 1.82) is 0 Å². The van der Waals surface area contributed by atoms with Crippen LogP contribution in [0.25, 0.3) is 0 Å². The fraction of sp³-hybridized carbons (Fsp3) is 0.188. The first-order valence-electron chi connectivity index (χ1n) is 6.76. The fourth-order valence-electron chi connectivity index (χ4n) is 1.99. The van der Waals surface area contributed by atoms with Gasteiger partial charge in [0, 0.05) is 20.7 Å². The van der Waals surface area contributed by atoms with Crippen molar-refractivity contribution in [2.24, 2.45) is 0 Å². The van der Waals surface area contributed by atoms with E-state index in [-0.39, 0.29) is 11.6 Å². The molecular formula is C16H13BrCl3NO2. The predicted octanol–water partition coefficient (Wildman–Crippen LogP) is 6.13. The first-order valence-corrected chi connectivity index (χ1v) is 8.68. The topological polar surface area (TPSA) is 38.3 Å². The van der Waals surface area contributed by atoms with E-state index in [1.54, 1.807) is 19.1 Å². The number of hydrogen-bond donors (Lipinski definition) is 1. The van der Waals surface area contributed by atoms with Crippen LogP contribution >= 0.6 is 50.7 Å². The van der Waals surface area contributed by atoms with E-state index < -0.39 is 12.0 Å². The Morgan fingerprint density at radius 2 is 1.74 bits per heavy atom. The van der Waals surface area contributed by atoms with E-state index in [0.29, 0.717) is 15.6 Å². The minimum absolute atomic E-state index is 0.224. The molecule has 0 saturated heterocycles. The Morgan fingerprint density at radius 1 is 1.13 bits per heavy atom. The van der Waals surface area contributed by atoms with Crippen molar-refractivity contribution >= 4 is 62.4 Å². The molecule has 0 saturated carbocycles. The molecule has 0 fully saturated rings. The second kappa shape index (κ2) is 8.25. The van der Waals surface area contributed by atoms with Gasteiger partial charge in [-0.05, 0) is 43.3 Å². The summed E-state index contributed by atoms with van der Waals surface area (Å²) in [4.78, 5) is 12.4. The van der Waals surface area contributed by atoms with Gasteiger partial charge in [0.25, 0.3) is 0 Å². The monoisotopic (exact) mass is 435 g/mol. The third kappa shape index (κ3) is 4.54. The summed E-state index contributed by atoms with van der Waals surface area (Å²) < 4.78 is 6.06. The molecule has 2 aromatic carbocycles. The lowest BCUT2D eigenvalue weighted by atomic mass is 10.1. The van der Waals surface area contributed by atoms with Gasteiger partial charge in [0.1, 0.15) is 0 Å². The molecule has 2 rings (SSSR count). The molecule has 0 amide bonds. The highest BCUT2D eigenvalue weighted by molar-refractivity contribution is 9.10. The molecule has 0 radical (unpaired) electrons. The molecule has 1 N–H and O–H groups in total. The van der Waals surface area contributed by atoms with Crippen molar-refractivity contribution in [3.63, 3.8) is 0 Å². The third-order valence-electron chi connectivity index (χ3n) is 3.05. The molecule has 0 aliphatic carbocycles. The maximum absolute atomic E-state index is 12.4. The zero-order valence-electron chi connectivity index (χ0n) is 12.1. The molecule has 0 aromatic heterocycles. The van der Waals surface area contributed by atoms with Gasteiger partial charge >= 0.3 is 5.97 Å². The minimum atomic E-state index is -0.866. The summed E-state index contributed by atoms with van der Waals surface area (Å²) in [5.41, 5.74) is 1.11. The summed E-state index contributed by atoms with van der Waals surface area (Å²) >= 11 is 21.9. The minimum Gasteiger partial charge on any atom is -0.464 e. The number of rotatable bonds is 5. The molecule has 3 nitrogen and oxygen atoms in total. The first-order chi connectivity index (χ1) is 10.9. The maximum Gasteiger partial charge on any atom is 0.333 e. The van der Waals surface area contributed by atoms with Crippen LogP contribution in [0.5, 0.6) is 0 Å². The van der Waals surface area contributed by atoms with Gasteiger partial charge in [0.15, 0.2) is 6.04 Å². The molecular weight excluding hydrogens is 424 g/mol. The summed E-state index contributed by atoms with van der Waals surface area (Å²) in [6, 6.07) is 9.66. The van der Waals surface area contributed by atoms with E-state index in [4.69, 9.17) is 39.5 Å². The van der Waals surface area contributed by atoms with Crippen molar-refractivity contribution in [2.75, 3.05) is 11.9 Å². The van der Waals surface area contributed by atoms with Gasteiger partial charge in [-0.2, -0.15) is 0 Å². The lowest BCUT2D eigenvalue weighted by Gasteiger charge is -2.21. The molecule has 1 atom stereocenters. The van der Waals surface area contributed by atoms with Crippen LogP contribution in [0.15, 0.2) is 40.9 Å². The van der Waals surface area contributed by atoms with Crippen molar-refractivity contribution < 1.29 is 9.53 Å². The van der Waals surface area contributed by atoms with Crippen molar-refractivity contribution in [2.45, 2.75) is 13.0 Å². The van der Waals surface area contributed by atoms with Crippen LogP contribution in [0, 0.1) is 0 Å². The molecule has 0 bridgehead atoms. The summed E-state index contributed by atoms with van der Waals surface area (Å²) in [6.07, 6.45) is 0. The number of anilines is 1. The highest BCUT2D eigenvalue weighted by atomic mass is 79.9. The number of carbonyl (C=O) groups excluding carboxylic acids is 1. The van der Waals surface area contributed by atoms with Gasteiger partial charge in [-0.1, -0.05) is 50.7 Å². The van der Waals surface area contributed by atoms with E-state index in [0.717, 1.165) is 10.2 Å². The standard InChI is InChI=1S/C16H13BrCl3NO2/c1-2-23-16(22)15(21-10-5-3-9(17)4-6-10)13-11(18)7-8-12(19)14(13)20/h3-8,15,21H,2H2,1H3. The van der Waals surface area contributed by atoms with Crippen molar-refractivity contribution in [1.82, 2.24) is 0 Å². The molecule has 122 valence electrons. The predicted molar refractivity (Wildman–Crippen MR) is 98.6 cm³/mol. The SMILES string of the molecule is CCOC(=O)C(Nc1ccc(Br)cc1)c1c(Cl)ccc(Cl)c1Cl. The van der Waals surface area contributed by atoms with Gasteiger partial charge in [0.2, 0.25) is 0 Å². The molecule has 0 heterocycles. The molecule has 1 unspecified atom stereocenters. The number of halogens is 4. The van der Waals surface area contributed by atoms with Crippen LogP contribution in [-0.2, 0) is 9.53 Å². The van der Waals surface area contributed by atoms with Crippen molar-refractivity contribution in [3.8, 4) is 0 Å². The summed E-state index contributed by atoms with van der Waals surface area (Å²) in [5, 5.41) is 3.97. The number of carbonyl (C=O) groups is 1. The fourth-order valence-corrected chi connectivity index (χ4v) is 3.01. The van der Waals surface area contributed by atoms with Crippen molar-refractivity contribution in [3.05, 3.63) is 61.5 Å². The zero-order valence-corrected chi connectivity index (χ0v) is 15.9. The number of ether oxygens (including phenoxy) is 1. The molecule has 0 aliphatic rings. The zero-order chi connectivity index (χ0) is 17.0. The molecule has 2 aromatic rings. The number of hydrogen-bond acceptors (Lipinski definition) is 3. The Kier molecular flexibility index (Phi) is 6.60. The average molecular weight is 438 g/mol. The number of benzene rings is 2. The van der Waals surface area contributed by atoms with E-state index >= 15 is 0 Å². The van der Waals surface area contributed by atoms with Crippen LogP contribution in [-0.4, -0.2) is 12.6 Å². The van der Waals surface area contributed by atoms with Crippen LogP contribution in [0.2, 0.25) is 15.1 Å². The lowest BCUT2D eigenvalue weighted by molar-refractivity contribution is -0.144. The number of nitrogens with one attached hydrogen (secondary N) is 1. The summed E-state index contributed by atoms with van der Waals surface area (Å²) in [7, 11) is 0. The normalized spacial score (nSPS) is 11.9. The first kappa shape index (κ1) is 18.4.